The number of rotatable bonds is 6. The summed E-state index contributed by atoms with van der Waals surface area (Å²) in [6.07, 6.45) is 3.94. The molecule has 0 amide bonds. The van der Waals surface area contributed by atoms with Crippen molar-refractivity contribution in [2.75, 3.05) is 38.4 Å². The largest absolute Gasteiger partial charge is 0.379 e. The van der Waals surface area contributed by atoms with Gasteiger partial charge in [0.05, 0.1) is 25.0 Å². The SMILES string of the molecule is CN(C)S(=O)(=O)C[C@@H]1COC[C@@H]1Nc1cc(C2CC2)ncn1. The fourth-order valence-corrected chi connectivity index (χ4v) is 3.75. The van der Waals surface area contributed by atoms with Gasteiger partial charge in [-0.15, -0.1) is 0 Å². The number of sulfonamides is 1. The molecule has 0 bridgehead atoms. The van der Waals surface area contributed by atoms with Crippen molar-refractivity contribution in [2.24, 2.45) is 5.92 Å². The van der Waals surface area contributed by atoms with Crippen LogP contribution in [0.3, 0.4) is 0 Å². The van der Waals surface area contributed by atoms with Crippen LogP contribution in [0.2, 0.25) is 0 Å². The van der Waals surface area contributed by atoms with Crippen LogP contribution in [0.1, 0.15) is 24.5 Å². The normalized spacial score (nSPS) is 25.6. The van der Waals surface area contributed by atoms with Crippen LogP contribution in [0.15, 0.2) is 12.4 Å². The Hall–Kier alpha value is -1.25. The highest BCUT2D eigenvalue weighted by Crippen LogP contribution is 2.39. The number of anilines is 1. The summed E-state index contributed by atoms with van der Waals surface area (Å²) in [5.74, 6) is 1.32. The molecular formula is C14H22N4O3S. The van der Waals surface area contributed by atoms with E-state index < -0.39 is 10.0 Å². The molecule has 2 aliphatic rings. The van der Waals surface area contributed by atoms with Crippen molar-refractivity contribution >= 4 is 15.8 Å². The quantitative estimate of drug-likeness (QED) is 0.827. The van der Waals surface area contributed by atoms with Gasteiger partial charge in [-0.2, -0.15) is 0 Å². The maximum atomic E-state index is 12.1. The molecule has 0 aromatic carbocycles. The molecule has 1 N–H and O–H groups in total. The molecule has 2 fully saturated rings. The zero-order valence-corrected chi connectivity index (χ0v) is 13.7. The van der Waals surface area contributed by atoms with E-state index in [0.29, 0.717) is 19.1 Å². The molecule has 1 aliphatic carbocycles. The Morgan fingerprint density at radius 2 is 2.09 bits per heavy atom. The van der Waals surface area contributed by atoms with Gasteiger partial charge in [-0.25, -0.2) is 22.7 Å². The standard InChI is InChI=1S/C14H22N4O3S/c1-18(2)22(19,20)8-11-6-21-7-13(11)17-14-5-12(10-3-4-10)15-9-16-14/h5,9-11,13H,3-4,6-8H2,1-2H3,(H,15,16,17)/t11-,13-/m0/s1. The topological polar surface area (TPSA) is 84.4 Å². The summed E-state index contributed by atoms with van der Waals surface area (Å²) in [5.41, 5.74) is 1.06. The molecule has 22 heavy (non-hydrogen) atoms. The average Bonchev–Trinajstić information content (AvgIpc) is 3.23. The molecule has 1 saturated carbocycles. The smallest absolute Gasteiger partial charge is 0.214 e. The second-order valence-corrected chi connectivity index (χ2v) is 8.44. The Bertz CT molecular complexity index is 631. The van der Waals surface area contributed by atoms with Crippen molar-refractivity contribution < 1.29 is 13.2 Å². The van der Waals surface area contributed by atoms with Crippen molar-refractivity contribution in [3.63, 3.8) is 0 Å². The summed E-state index contributed by atoms with van der Waals surface area (Å²) in [6, 6.07) is 1.92. The summed E-state index contributed by atoms with van der Waals surface area (Å²) in [7, 11) is -0.127. The first kappa shape index (κ1) is 15.6. The molecule has 1 aromatic rings. The van der Waals surface area contributed by atoms with Crippen molar-refractivity contribution in [1.29, 1.82) is 0 Å². The molecule has 3 rings (SSSR count). The first-order valence-corrected chi connectivity index (χ1v) is 9.13. The van der Waals surface area contributed by atoms with E-state index in [4.69, 9.17) is 4.74 Å². The first-order chi connectivity index (χ1) is 10.5. The number of nitrogens with zero attached hydrogens (tertiary/aromatic N) is 3. The minimum atomic E-state index is -3.24. The summed E-state index contributed by atoms with van der Waals surface area (Å²) >= 11 is 0. The van der Waals surface area contributed by atoms with Crippen molar-refractivity contribution in [3.8, 4) is 0 Å². The first-order valence-electron chi connectivity index (χ1n) is 7.52. The van der Waals surface area contributed by atoms with Gasteiger partial charge in [0, 0.05) is 37.7 Å². The molecular weight excluding hydrogens is 304 g/mol. The van der Waals surface area contributed by atoms with Crippen LogP contribution in [-0.2, 0) is 14.8 Å². The summed E-state index contributed by atoms with van der Waals surface area (Å²) in [4.78, 5) is 8.53. The fourth-order valence-electron chi connectivity index (χ4n) is 2.59. The van der Waals surface area contributed by atoms with Gasteiger partial charge in [-0.3, -0.25) is 0 Å². The van der Waals surface area contributed by atoms with Gasteiger partial charge >= 0.3 is 0 Å². The molecule has 7 nitrogen and oxygen atoms in total. The number of hydrogen-bond acceptors (Lipinski definition) is 6. The number of ether oxygens (including phenoxy) is 1. The lowest BCUT2D eigenvalue weighted by Gasteiger charge is -2.21. The van der Waals surface area contributed by atoms with E-state index in [1.54, 1.807) is 20.4 Å². The second kappa shape index (κ2) is 6.10. The van der Waals surface area contributed by atoms with Gasteiger partial charge in [-0.05, 0) is 12.8 Å². The molecule has 0 unspecified atom stereocenters. The van der Waals surface area contributed by atoms with Gasteiger partial charge < -0.3 is 10.1 Å². The molecule has 1 aliphatic heterocycles. The lowest BCUT2D eigenvalue weighted by Crippen LogP contribution is -2.37. The molecule has 2 atom stereocenters. The van der Waals surface area contributed by atoms with E-state index in [9.17, 15) is 8.42 Å². The average molecular weight is 326 g/mol. The lowest BCUT2D eigenvalue weighted by molar-refractivity contribution is 0.187. The van der Waals surface area contributed by atoms with Crippen LogP contribution >= 0.6 is 0 Å². The van der Waals surface area contributed by atoms with E-state index in [0.717, 1.165) is 11.5 Å². The molecule has 0 radical (unpaired) electrons. The Kier molecular flexibility index (Phi) is 4.33. The zero-order chi connectivity index (χ0) is 15.7. The van der Waals surface area contributed by atoms with E-state index in [-0.39, 0.29) is 17.7 Å². The Morgan fingerprint density at radius 1 is 1.32 bits per heavy atom. The van der Waals surface area contributed by atoms with Crippen molar-refractivity contribution in [1.82, 2.24) is 14.3 Å². The van der Waals surface area contributed by atoms with Gasteiger partial charge in [-0.1, -0.05) is 0 Å². The van der Waals surface area contributed by atoms with E-state index in [1.807, 2.05) is 6.07 Å². The summed E-state index contributed by atoms with van der Waals surface area (Å²) in [6.45, 7) is 0.946. The van der Waals surface area contributed by atoms with Gasteiger partial charge in [0.2, 0.25) is 10.0 Å². The van der Waals surface area contributed by atoms with Gasteiger partial charge in [0.15, 0.2) is 0 Å². The van der Waals surface area contributed by atoms with Gasteiger partial charge in [0.25, 0.3) is 0 Å². The van der Waals surface area contributed by atoms with E-state index in [2.05, 4.69) is 15.3 Å². The number of aromatic nitrogens is 2. The predicted molar refractivity (Wildman–Crippen MR) is 83.2 cm³/mol. The molecule has 122 valence electrons. The van der Waals surface area contributed by atoms with E-state index >= 15 is 0 Å². The Morgan fingerprint density at radius 3 is 2.77 bits per heavy atom. The highest BCUT2D eigenvalue weighted by molar-refractivity contribution is 7.89. The van der Waals surface area contributed by atoms with Gasteiger partial charge in [0.1, 0.15) is 12.1 Å². The molecule has 8 heteroatoms. The van der Waals surface area contributed by atoms with Crippen LogP contribution in [0.5, 0.6) is 0 Å². The zero-order valence-electron chi connectivity index (χ0n) is 12.9. The second-order valence-electron chi connectivity index (χ2n) is 6.21. The third-order valence-corrected chi connectivity index (χ3v) is 6.16. The highest BCUT2D eigenvalue weighted by atomic mass is 32.2. The molecule has 0 spiro atoms. The Labute approximate surface area is 131 Å². The lowest BCUT2D eigenvalue weighted by atomic mass is 10.1. The Balaban J connectivity index is 1.67. The number of hydrogen-bond donors (Lipinski definition) is 1. The summed E-state index contributed by atoms with van der Waals surface area (Å²) < 4.78 is 30.8. The monoisotopic (exact) mass is 326 g/mol. The molecule has 2 heterocycles. The fraction of sp³-hybridized carbons (Fsp3) is 0.714. The molecule has 1 saturated heterocycles. The summed E-state index contributed by atoms with van der Waals surface area (Å²) in [5, 5.41) is 3.32. The van der Waals surface area contributed by atoms with Crippen molar-refractivity contribution in [2.45, 2.75) is 24.8 Å². The molecule has 1 aromatic heterocycles. The highest BCUT2D eigenvalue weighted by Gasteiger charge is 2.33. The minimum Gasteiger partial charge on any atom is -0.379 e. The predicted octanol–water partition coefficient (Wildman–Crippen LogP) is 0.672. The van der Waals surface area contributed by atoms with Crippen LogP contribution in [-0.4, -0.2) is 61.8 Å². The van der Waals surface area contributed by atoms with Crippen LogP contribution < -0.4 is 5.32 Å². The third kappa shape index (κ3) is 3.56. The van der Waals surface area contributed by atoms with Crippen molar-refractivity contribution in [3.05, 3.63) is 18.1 Å². The van der Waals surface area contributed by atoms with Crippen LogP contribution in [0, 0.1) is 5.92 Å². The maximum absolute atomic E-state index is 12.1. The van der Waals surface area contributed by atoms with Crippen LogP contribution in [0.4, 0.5) is 5.82 Å². The van der Waals surface area contributed by atoms with Crippen LogP contribution in [0.25, 0.3) is 0 Å². The van der Waals surface area contributed by atoms with E-state index in [1.165, 1.54) is 17.1 Å². The maximum Gasteiger partial charge on any atom is 0.214 e. The third-order valence-electron chi connectivity index (χ3n) is 4.20. The number of nitrogens with one attached hydrogen (secondary N) is 1. The minimum absolute atomic E-state index is 0.0447.